The molecule has 2 aliphatic heterocycles. The van der Waals surface area contributed by atoms with Crippen LogP contribution >= 0.6 is 0 Å². The van der Waals surface area contributed by atoms with Gasteiger partial charge in [-0.15, -0.1) is 0 Å². The summed E-state index contributed by atoms with van der Waals surface area (Å²) >= 11 is 0. The Hall–Kier alpha value is -2.18. The number of amides is 1. The van der Waals surface area contributed by atoms with Crippen LogP contribution in [0.1, 0.15) is 44.9 Å². The molecule has 2 saturated heterocycles. The molecule has 3 fully saturated rings. The van der Waals surface area contributed by atoms with E-state index < -0.39 is 12.0 Å². The molecule has 0 bridgehead atoms. The molecule has 26 heavy (non-hydrogen) atoms. The lowest BCUT2D eigenvalue weighted by molar-refractivity contribution is -0.152. The Kier molecular flexibility index (Phi) is 4.78. The second kappa shape index (κ2) is 7.21. The molecule has 1 N–H and O–H groups in total. The lowest BCUT2D eigenvalue weighted by Crippen LogP contribution is -2.50. The molecule has 1 aromatic rings. The fraction of sp³-hybridized carbons (Fsp3) is 0.684. The Morgan fingerprint density at radius 2 is 1.85 bits per heavy atom. The third kappa shape index (κ3) is 3.15. The van der Waals surface area contributed by atoms with Gasteiger partial charge in [0.1, 0.15) is 11.9 Å². The lowest BCUT2D eigenvalue weighted by atomic mass is 9.84. The number of piperidine rings is 1. The first-order chi connectivity index (χ1) is 12.6. The highest BCUT2D eigenvalue weighted by Gasteiger charge is 2.48. The second-order valence-corrected chi connectivity index (χ2v) is 7.77. The van der Waals surface area contributed by atoms with Gasteiger partial charge in [-0.05, 0) is 38.0 Å². The van der Waals surface area contributed by atoms with Crippen LogP contribution in [0.25, 0.3) is 0 Å². The number of likely N-dealkylation sites (tertiary alicyclic amines) is 1. The van der Waals surface area contributed by atoms with E-state index in [1.807, 2.05) is 0 Å². The van der Waals surface area contributed by atoms with E-state index >= 15 is 0 Å². The SMILES string of the molecule is O=C(O)[C@@H]1C[C@@H]2CCCC[C@@H]2N1C(=O)C1CCN(c2cnccn2)CC1. The first-order valence-electron chi connectivity index (χ1n) is 9.71. The summed E-state index contributed by atoms with van der Waals surface area (Å²) in [5.74, 6) is 0.351. The molecular weight excluding hydrogens is 332 g/mol. The Labute approximate surface area is 153 Å². The molecule has 0 radical (unpaired) electrons. The highest BCUT2D eigenvalue weighted by Crippen LogP contribution is 2.41. The van der Waals surface area contributed by atoms with E-state index in [9.17, 15) is 14.7 Å². The zero-order valence-electron chi connectivity index (χ0n) is 15.0. The van der Waals surface area contributed by atoms with Crippen LogP contribution in [0.2, 0.25) is 0 Å². The van der Waals surface area contributed by atoms with Crippen LogP contribution in [0.5, 0.6) is 0 Å². The standard InChI is InChI=1S/C19H26N4O3/c24-18(13-5-9-22(10-6-13)17-12-20-7-8-21-17)23-15-4-2-1-3-14(15)11-16(23)19(25)26/h7-8,12-16H,1-6,9-11H2,(H,25,26)/t14-,15-,16-/m0/s1. The Balaban J connectivity index is 1.44. The number of hydrogen-bond acceptors (Lipinski definition) is 5. The molecule has 3 atom stereocenters. The molecular formula is C19H26N4O3. The highest BCUT2D eigenvalue weighted by atomic mass is 16.4. The number of carbonyl (C=O) groups excluding carboxylic acids is 1. The summed E-state index contributed by atoms with van der Waals surface area (Å²) in [5, 5.41) is 9.65. The summed E-state index contributed by atoms with van der Waals surface area (Å²) in [5.41, 5.74) is 0. The van der Waals surface area contributed by atoms with Crippen LogP contribution in [0, 0.1) is 11.8 Å². The van der Waals surface area contributed by atoms with E-state index in [-0.39, 0.29) is 17.9 Å². The molecule has 0 aromatic carbocycles. The molecule has 0 unspecified atom stereocenters. The van der Waals surface area contributed by atoms with Crippen molar-refractivity contribution in [2.24, 2.45) is 11.8 Å². The molecule has 140 valence electrons. The summed E-state index contributed by atoms with van der Waals surface area (Å²) in [7, 11) is 0. The van der Waals surface area contributed by atoms with Crippen LogP contribution in [-0.2, 0) is 9.59 Å². The van der Waals surface area contributed by atoms with Crippen LogP contribution in [0.4, 0.5) is 5.82 Å². The number of carboxylic acid groups (broad SMARTS) is 1. The quantitative estimate of drug-likeness (QED) is 0.889. The largest absolute Gasteiger partial charge is 0.480 e. The Morgan fingerprint density at radius 1 is 1.08 bits per heavy atom. The minimum atomic E-state index is -0.843. The van der Waals surface area contributed by atoms with Crippen LogP contribution < -0.4 is 4.90 Å². The number of nitrogens with zero attached hydrogens (tertiary/aromatic N) is 4. The van der Waals surface area contributed by atoms with Crippen LogP contribution in [-0.4, -0.2) is 57.0 Å². The van der Waals surface area contributed by atoms with Crippen molar-refractivity contribution >= 4 is 17.7 Å². The Morgan fingerprint density at radius 3 is 2.54 bits per heavy atom. The van der Waals surface area contributed by atoms with E-state index in [0.29, 0.717) is 12.3 Å². The molecule has 3 heterocycles. The Bertz CT molecular complexity index is 660. The summed E-state index contributed by atoms with van der Waals surface area (Å²) in [6.07, 6.45) is 11.5. The van der Waals surface area contributed by atoms with Gasteiger partial charge in [-0.1, -0.05) is 12.8 Å². The van der Waals surface area contributed by atoms with Crippen molar-refractivity contribution in [3.8, 4) is 0 Å². The molecule has 1 saturated carbocycles. The van der Waals surface area contributed by atoms with Gasteiger partial charge in [0.15, 0.2) is 0 Å². The van der Waals surface area contributed by atoms with Crippen LogP contribution in [0.15, 0.2) is 18.6 Å². The minimum absolute atomic E-state index is 0.0607. The number of anilines is 1. The number of hydrogen-bond donors (Lipinski definition) is 1. The molecule has 3 aliphatic rings. The summed E-state index contributed by atoms with van der Waals surface area (Å²) in [6, 6.07) is -0.496. The highest BCUT2D eigenvalue weighted by molar-refractivity contribution is 5.86. The van der Waals surface area contributed by atoms with Gasteiger partial charge in [0.25, 0.3) is 0 Å². The maximum atomic E-state index is 13.2. The number of carbonyl (C=O) groups is 2. The molecule has 7 nitrogen and oxygen atoms in total. The predicted molar refractivity (Wildman–Crippen MR) is 95.6 cm³/mol. The average Bonchev–Trinajstić information content (AvgIpc) is 3.08. The maximum absolute atomic E-state index is 13.2. The number of rotatable bonds is 3. The number of carboxylic acids is 1. The van der Waals surface area contributed by atoms with E-state index in [1.54, 1.807) is 23.5 Å². The average molecular weight is 358 g/mol. The lowest BCUT2D eigenvalue weighted by Gasteiger charge is -2.38. The molecule has 1 aromatic heterocycles. The molecule has 0 spiro atoms. The van der Waals surface area contributed by atoms with Gasteiger partial charge in [-0.25, -0.2) is 9.78 Å². The topological polar surface area (TPSA) is 86.6 Å². The second-order valence-electron chi connectivity index (χ2n) is 7.77. The molecule has 1 amide bonds. The van der Waals surface area contributed by atoms with Gasteiger partial charge >= 0.3 is 5.97 Å². The van der Waals surface area contributed by atoms with Gasteiger partial charge in [-0.2, -0.15) is 0 Å². The van der Waals surface area contributed by atoms with Crippen LogP contribution in [0.3, 0.4) is 0 Å². The van der Waals surface area contributed by atoms with Gasteiger partial charge in [0, 0.05) is 37.4 Å². The normalized spacial score (nSPS) is 29.5. The van der Waals surface area contributed by atoms with E-state index in [4.69, 9.17) is 0 Å². The van der Waals surface area contributed by atoms with E-state index in [2.05, 4.69) is 14.9 Å². The van der Waals surface area contributed by atoms with Crippen molar-refractivity contribution in [3.05, 3.63) is 18.6 Å². The summed E-state index contributed by atoms with van der Waals surface area (Å²) in [6.45, 7) is 1.52. The van der Waals surface area contributed by atoms with Crippen molar-refractivity contribution in [2.75, 3.05) is 18.0 Å². The third-order valence-corrected chi connectivity index (χ3v) is 6.35. The van der Waals surface area contributed by atoms with Crippen molar-refractivity contribution < 1.29 is 14.7 Å². The van der Waals surface area contributed by atoms with Gasteiger partial charge in [0.2, 0.25) is 5.91 Å². The van der Waals surface area contributed by atoms with Gasteiger partial charge < -0.3 is 14.9 Å². The number of aromatic nitrogens is 2. The number of fused-ring (bicyclic) bond motifs is 1. The van der Waals surface area contributed by atoms with E-state index in [0.717, 1.165) is 57.4 Å². The van der Waals surface area contributed by atoms with E-state index in [1.165, 1.54) is 0 Å². The first kappa shape index (κ1) is 17.2. The first-order valence-corrected chi connectivity index (χ1v) is 9.71. The van der Waals surface area contributed by atoms with Crippen molar-refractivity contribution in [1.29, 1.82) is 0 Å². The zero-order valence-corrected chi connectivity index (χ0v) is 15.0. The maximum Gasteiger partial charge on any atom is 0.326 e. The summed E-state index contributed by atoms with van der Waals surface area (Å²) in [4.78, 5) is 37.3. The number of aliphatic carboxylic acids is 1. The third-order valence-electron chi connectivity index (χ3n) is 6.35. The van der Waals surface area contributed by atoms with Crippen molar-refractivity contribution in [2.45, 2.75) is 57.0 Å². The molecule has 7 heteroatoms. The zero-order chi connectivity index (χ0) is 18.1. The fourth-order valence-corrected chi connectivity index (χ4v) is 5.02. The summed E-state index contributed by atoms with van der Waals surface area (Å²) < 4.78 is 0. The van der Waals surface area contributed by atoms with Crippen molar-refractivity contribution in [1.82, 2.24) is 14.9 Å². The molecule has 4 rings (SSSR count). The predicted octanol–water partition coefficient (Wildman–Crippen LogP) is 1.94. The molecule has 1 aliphatic carbocycles. The minimum Gasteiger partial charge on any atom is -0.480 e. The van der Waals surface area contributed by atoms with Gasteiger partial charge in [0.05, 0.1) is 6.20 Å². The monoisotopic (exact) mass is 358 g/mol. The smallest absolute Gasteiger partial charge is 0.326 e. The fourth-order valence-electron chi connectivity index (χ4n) is 5.02. The van der Waals surface area contributed by atoms with Crippen molar-refractivity contribution in [3.63, 3.8) is 0 Å². The van der Waals surface area contributed by atoms with Gasteiger partial charge in [-0.3, -0.25) is 9.78 Å².